The van der Waals surface area contributed by atoms with Crippen molar-refractivity contribution >= 4 is 23.8 Å². The summed E-state index contributed by atoms with van der Waals surface area (Å²) in [5, 5.41) is 17.4. The van der Waals surface area contributed by atoms with Gasteiger partial charge in [0.15, 0.2) is 0 Å². The Kier molecular flexibility index (Phi) is 5.72. The Morgan fingerprint density at radius 1 is 1.19 bits per heavy atom. The van der Waals surface area contributed by atoms with Gasteiger partial charge in [-0.05, 0) is 41.6 Å². The molecule has 0 aliphatic heterocycles. The number of hydrogen-bond acceptors (Lipinski definition) is 8. The summed E-state index contributed by atoms with van der Waals surface area (Å²) < 4.78 is 16.0. The average molecular weight is 385 g/mol. The first-order chi connectivity index (χ1) is 13.1. The van der Waals surface area contributed by atoms with Gasteiger partial charge in [0, 0.05) is 24.0 Å². The fraction of sp³-hybridized carbons (Fsp3) is 0.111. The number of carbonyl (C=O) groups is 1. The van der Waals surface area contributed by atoms with Crippen LogP contribution in [-0.4, -0.2) is 40.5 Å². The molecule has 0 aliphatic rings. The molecule has 2 aromatic heterocycles. The number of pyridine rings is 1. The van der Waals surface area contributed by atoms with E-state index in [1.165, 1.54) is 20.3 Å². The number of aromatic nitrogens is 3. The van der Waals surface area contributed by atoms with Gasteiger partial charge in [0.25, 0.3) is 5.22 Å². The molecule has 27 heavy (non-hydrogen) atoms. The van der Waals surface area contributed by atoms with E-state index in [0.717, 1.165) is 11.8 Å². The van der Waals surface area contributed by atoms with Crippen molar-refractivity contribution < 1.29 is 23.8 Å². The van der Waals surface area contributed by atoms with Gasteiger partial charge < -0.3 is 19.0 Å². The lowest BCUT2D eigenvalue weighted by molar-refractivity contribution is -0.131. The van der Waals surface area contributed by atoms with E-state index in [-0.39, 0.29) is 16.0 Å². The molecule has 0 atom stereocenters. The Labute approximate surface area is 158 Å². The van der Waals surface area contributed by atoms with Crippen LogP contribution in [0.25, 0.3) is 17.5 Å². The van der Waals surface area contributed by atoms with Crippen molar-refractivity contribution in [2.45, 2.75) is 5.22 Å². The highest BCUT2D eigenvalue weighted by atomic mass is 32.2. The second kappa shape index (κ2) is 8.37. The zero-order chi connectivity index (χ0) is 19.2. The maximum absolute atomic E-state index is 11.5. The van der Waals surface area contributed by atoms with E-state index >= 15 is 0 Å². The van der Waals surface area contributed by atoms with Crippen molar-refractivity contribution in [1.82, 2.24) is 15.2 Å². The number of nitrogens with zero attached hydrogens (tertiary/aromatic N) is 3. The predicted octanol–water partition coefficient (Wildman–Crippen LogP) is 3.37. The lowest BCUT2D eigenvalue weighted by atomic mass is 10.2. The van der Waals surface area contributed by atoms with Crippen LogP contribution in [0.4, 0.5) is 0 Å². The van der Waals surface area contributed by atoms with Crippen LogP contribution in [0, 0.1) is 0 Å². The van der Waals surface area contributed by atoms with Gasteiger partial charge in [-0.15, -0.1) is 10.2 Å². The normalized spacial score (nSPS) is 11.3. The highest BCUT2D eigenvalue weighted by Gasteiger charge is 2.17. The Hall–Kier alpha value is -3.33. The van der Waals surface area contributed by atoms with Gasteiger partial charge in [0.1, 0.15) is 16.4 Å². The number of hydrogen-bond donors (Lipinski definition) is 1. The van der Waals surface area contributed by atoms with Crippen molar-refractivity contribution in [3.05, 3.63) is 53.2 Å². The van der Waals surface area contributed by atoms with Crippen molar-refractivity contribution in [2.75, 3.05) is 14.2 Å². The highest BCUT2D eigenvalue weighted by Crippen LogP contribution is 2.33. The molecule has 0 aliphatic carbocycles. The molecule has 0 fully saturated rings. The second-order valence-corrected chi connectivity index (χ2v) is 6.17. The minimum Gasteiger partial charge on any atom is -0.497 e. The smallest absolute Gasteiger partial charge is 0.342 e. The molecule has 0 spiro atoms. The molecule has 3 aromatic rings. The Morgan fingerprint density at radius 3 is 2.52 bits per heavy atom. The average Bonchev–Trinajstić information content (AvgIpc) is 3.16. The van der Waals surface area contributed by atoms with Crippen LogP contribution in [0.5, 0.6) is 11.5 Å². The molecule has 0 saturated heterocycles. The fourth-order valence-corrected chi connectivity index (χ4v) is 2.81. The number of methoxy groups -OCH3 is 2. The molecule has 0 unspecified atom stereocenters. The SMILES string of the molecule is COc1cc(OC)cc(-c2nnc(S/C(=C\c3cccnc3)C(=O)O)o2)c1. The number of carboxylic acids is 1. The summed E-state index contributed by atoms with van der Waals surface area (Å²) in [6, 6.07) is 8.62. The number of carboxylic acid groups (broad SMARTS) is 1. The van der Waals surface area contributed by atoms with E-state index in [2.05, 4.69) is 15.2 Å². The molecule has 2 heterocycles. The molecule has 0 saturated carbocycles. The molecule has 0 amide bonds. The minimum atomic E-state index is -1.10. The molecule has 0 radical (unpaired) electrons. The van der Waals surface area contributed by atoms with Crippen LogP contribution in [0.15, 0.2) is 57.3 Å². The molecular weight excluding hydrogens is 370 g/mol. The van der Waals surface area contributed by atoms with Crippen LogP contribution in [0.2, 0.25) is 0 Å². The van der Waals surface area contributed by atoms with Crippen molar-refractivity contribution in [2.24, 2.45) is 0 Å². The Balaban J connectivity index is 1.87. The van der Waals surface area contributed by atoms with Crippen LogP contribution in [0.1, 0.15) is 5.56 Å². The maximum Gasteiger partial charge on any atom is 0.342 e. The molecule has 0 bridgehead atoms. The van der Waals surface area contributed by atoms with Crippen LogP contribution >= 0.6 is 11.8 Å². The highest BCUT2D eigenvalue weighted by molar-refractivity contribution is 8.03. The standard InChI is InChI=1S/C18H15N3O5S/c1-24-13-7-12(8-14(9-13)25-2)16-20-21-18(26-16)27-15(17(22)23)6-11-4-3-5-19-10-11/h3-10H,1-2H3,(H,22,23)/b15-6-. The van der Waals surface area contributed by atoms with Crippen molar-refractivity contribution in [1.29, 1.82) is 0 Å². The van der Waals surface area contributed by atoms with Gasteiger partial charge in [0.2, 0.25) is 5.89 Å². The van der Waals surface area contributed by atoms with Crippen LogP contribution < -0.4 is 9.47 Å². The van der Waals surface area contributed by atoms with E-state index in [0.29, 0.717) is 22.6 Å². The molecule has 1 aromatic carbocycles. The third kappa shape index (κ3) is 4.64. The van der Waals surface area contributed by atoms with Crippen molar-refractivity contribution in [3.8, 4) is 23.0 Å². The summed E-state index contributed by atoms with van der Waals surface area (Å²) in [4.78, 5) is 15.5. The predicted molar refractivity (Wildman–Crippen MR) is 98.5 cm³/mol. The van der Waals surface area contributed by atoms with Gasteiger partial charge >= 0.3 is 5.97 Å². The number of benzene rings is 1. The zero-order valence-corrected chi connectivity index (χ0v) is 15.3. The van der Waals surface area contributed by atoms with Gasteiger partial charge in [0.05, 0.1) is 14.2 Å². The van der Waals surface area contributed by atoms with Gasteiger partial charge in [-0.2, -0.15) is 0 Å². The third-order valence-corrected chi connectivity index (χ3v) is 4.25. The summed E-state index contributed by atoms with van der Waals surface area (Å²) in [6.45, 7) is 0. The molecule has 9 heteroatoms. The summed E-state index contributed by atoms with van der Waals surface area (Å²) >= 11 is 0.858. The van der Waals surface area contributed by atoms with Crippen molar-refractivity contribution in [3.63, 3.8) is 0 Å². The van der Waals surface area contributed by atoms with Crippen LogP contribution in [-0.2, 0) is 4.79 Å². The van der Waals surface area contributed by atoms with E-state index in [9.17, 15) is 9.90 Å². The van der Waals surface area contributed by atoms with Crippen LogP contribution in [0.3, 0.4) is 0 Å². The number of thioether (sulfide) groups is 1. The van der Waals surface area contributed by atoms with Gasteiger partial charge in [-0.1, -0.05) is 6.07 Å². The molecule has 1 N–H and O–H groups in total. The Morgan fingerprint density at radius 2 is 1.93 bits per heavy atom. The zero-order valence-electron chi connectivity index (χ0n) is 14.4. The number of rotatable bonds is 7. The monoisotopic (exact) mass is 385 g/mol. The van der Waals surface area contributed by atoms with Gasteiger partial charge in [-0.25, -0.2) is 4.79 Å². The lowest BCUT2D eigenvalue weighted by Crippen LogP contribution is -1.96. The van der Waals surface area contributed by atoms with E-state index < -0.39 is 5.97 Å². The maximum atomic E-state index is 11.5. The molecule has 3 rings (SSSR count). The number of aliphatic carboxylic acids is 1. The third-order valence-electron chi connectivity index (χ3n) is 3.40. The van der Waals surface area contributed by atoms with E-state index in [1.807, 2.05) is 0 Å². The largest absolute Gasteiger partial charge is 0.497 e. The summed E-state index contributed by atoms with van der Waals surface area (Å²) in [6.07, 6.45) is 4.65. The first-order valence-corrected chi connectivity index (χ1v) is 8.50. The fourth-order valence-electron chi connectivity index (χ4n) is 2.14. The summed E-state index contributed by atoms with van der Waals surface area (Å²) in [5.74, 6) is 0.256. The van der Waals surface area contributed by atoms with E-state index in [4.69, 9.17) is 13.9 Å². The van der Waals surface area contributed by atoms with E-state index in [1.54, 1.807) is 42.7 Å². The first kappa shape index (κ1) is 18.5. The van der Waals surface area contributed by atoms with Gasteiger partial charge in [-0.3, -0.25) is 4.98 Å². The molecule has 8 nitrogen and oxygen atoms in total. The minimum absolute atomic E-state index is 0.0291. The Bertz CT molecular complexity index is 950. The second-order valence-electron chi connectivity index (χ2n) is 5.18. The quantitative estimate of drug-likeness (QED) is 0.484. The summed E-state index contributed by atoms with van der Waals surface area (Å²) in [5.41, 5.74) is 1.25. The first-order valence-electron chi connectivity index (χ1n) is 7.69. The summed E-state index contributed by atoms with van der Waals surface area (Å²) in [7, 11) is 3.08. The molecule has 138 valence electrons. The topological polar surface area (TPSA) is 108 Å². The lowest BCUT2D eigenvalue weighted by Gasteiger charge is -2.05. The number of ether oxygens (including phenoxy) is 2. The molecular formula is C18H15N3O5S.